The lowest BCUT2D eigenvalue weighted by Gasteiger charge is -2.32. The molecule has 10 heteroatoms. The Balaban J connectivity index is 2.02. The smallest absolute Gasteiger partial charge is 0.264 e. The van der Waals surface area contributed by atoms with Gasteiger partial charge >= 0.3 is 0 Å². The zero-order chi connectivity index (χ0) is 27.2. The summed E-state index contributed by atoms with van der Waals surface area (Å²) in [7, 11) is -4.13. The van der Waals surface area contributed by atoms with E-state index in [0.29, 0.717) is 5.69 Å². The molecule has 0 bridgehead atoms. The van der Waals surface area contributed by atoms with Gasteiger partial charge in [0, 0.05) is 21.7 Å². The van der Waals surface area contributed by atoms with E-state index in [1.165, 1.54) is 42.2 Å². The van der Waals surface area contributed by atoms with Crippen LogP contribution in [-0.2, 0) is 26.2 Å². The first-order valence-electron chi connectivity index (χ1n) is 11.7. The molecule has 0 aliphatic carbocycles. The molecule has 196 valence electrons. The molecule has 37 heavy (non-hydrogen) atoms. The Morgan fingerprint density at radius 1 is 0.919 bits per heavy atom. The highest BCUT2D eigenvalue weighted by Gasteiger charge is 2.33. The first kappa shape index (κ1) is 28.6. The van der Waals surface area contributed by atoms with E-state index in [0.717, 1.165) is 7.88 Å². The molecule has 0 aliphatic heterocycles. The Hall–Kier alpha value is -2.99. The molecular formula is C27H29FIN3O4S. The molecule has 3 rings (SSSR count). The lowest BCUT2D eigenvalue weighted by atomic mass is 10.1. The normalized spacial score (nSPS) is 12.2. The zero-order valence-electron chi connectivity index (χ0n) is 20.8. The summed E-state index contributed by atoms with van der Waals surface area (Å²) < 4.78 is 43.7. The molecule has 0 radical (unpaired) electrons. The number of sulfonamides is 1. The van der Waals surface area contributed by atoms with Crippen molar-refractivity contribution in [2.75, 3.05) is 10.8 Å². The van der Waals surface area contributed by atoms with Crippen LogP contribution in [0.1, 0.15) is 26.3 Å². The molecule has 3 aromatic rings. The summed E-state index contributed by atoms with van der Waals surface area (Å²) in [5.74, 6) is -1.60. The molecule has 2 amide bonds. The van der Waals surface area contributed by atoms with Gasteiger partial charge in [-0.3, -0.25) is 13.9 Å². The number of hydrogen-bond donors (Lipinski definition) is 1. The van der Waals surface area contributed by atoms with Crippen LogP contribution in [0.5, 0.6) is 0 Å². The largest absolute Gasteiger partial charge is 0.352 e. The summed E-state index contributed by atoms with van der Waals surface area (Å²) in [4.78, 5) is 27.8. The van der Waals surface area contributed by atoms with E-state index in [-0.39, 0.29) is 23.0 Å². The maximum absolute atomic E-state index is 14.5. The van der Waals surface area contributed by atoms with Crippen LogP contribution in [0.4, 0.5) is 10.1 Å². The van der Waals surface area contributed by atoms with Gasteiger partial charge in [-0.2, -0.15) is 0 Å². The summed E-state index contributed by atoms with van der Waals surface area (Å²) in [5.41, 5.74) is 0.509. The Morgan fingerprint density at radius 3 is 2.11 bits per heavy atom. The molecule has 3 aromatic carbocycles. The fourth-order valence-corrected chi connectivity index (χ4v) is 5.45. The van der Waals surface area contributed by atoms with Gasteiger partial charge in [-0.25, -0.2) is 12.8 Å². The quantitative estimate of drug-likeness (QED) is 0.331. The highest BCUT2D eigenvalue weighted by atomic mass is 127. The number of rotatable bonds is 10. The minimum atomic E-state index is -4.13. The number of halogens is 2. The van der Waals surface area contributed by atoms with E-state index in [1.807, 2.05) is 0 Å². The number of benzene rings is 3. The summed E-state index contributed by atoms with van der Waals surface area (Å²) in [6.45, 7) is 4.34. The van der Waals surface area contributed by atoms with Crippen molar-refractivity contribution in [2.45, 2.75) is 44.3 Å². The van der Waals surface area contributed by atoms with E-state index in [9.17, 15) is 22.4 Å². The van der Waals surface area contributed by atoms with Gasteiger partial charge in [0.15, 0.2) is 0 Å². The Labute approximate surface area is 230 Å². The Morgan fingerprint density at radius 2 is 1.51 bits per heavy atom. The maximum Gasteiger partial charge on any atom is 0.264 e. The molecule has 0 fully saturated rings. The fraction of sp³-hybridized carbons (Fsp3) is 0.259. The second-order valence-electron chi connectivity index (χ2n) is 8.75. The number of nitrogens with one attached hydrogen (secondary N) is 1. The van der Waals surface area contributed by atoms with E-state index in [2.05, 4.69) is 27.9 Å². The van der Waals surface area contributed by atoms with Gasteiger partial charge in [-0.05, 0) is 85.8 Å². The van der Waals surface area contributed by atoms with Gasteiger partial charge in [0.2, 0.25) is 11.8 Å². The van der Waals surface area contributed by atoms with Crippen LogP contribution in [0.25, 0.3) is 0 Å². The van der Waals surface area contributed by atoms with Crippen molar-refractivity contribution in [2.24, 2.45) is 0 Å². The topological polar surface area (TPSA) is 86.8 Å². The highest BCUT2D eigenvalue weighted by Crippen LogP contribution is 2.25. The van der Waals surface area contributed by atoms with E-state index in [4.69, 9.17) is 0 Å². The highest BCUT2D eigenvalue weighted by molar-refractivity contribution is 14.1. The van der Waals surface area contributed by atoms with Crippen molar-refractivity contribution in [1.29, 1.82) is 0 Å². The molecule has 0 saturated carbocycles. The minimum Gasteiger partial charge on any atom is -0.352 e. The lowest BCUT2D eigenvalue weighted by Crippen LogP contribution is -2.52. The fourth-order valence-electron chi connectivity index (χ4n) is 3.65. The van der Waals surface area contributed by atoms with Gasteiger partial charge in [-0.15, -0.1) is 0 Å². The molecule has 0 aromatic heterocycles. The van der Waals surface area contributed by atoms with Crippen LogP contribution in [0.15, 0.2) is 83.8 Å². The zero-order valence-corrected chi connectivity index (χ0v) is 23.7. The molecule has 1 N–H and O–H groups in total. The van der Waals surface area contributed by atoms with Crippen LogP contribution >= 0.6 is 22.6 Å². The average Bonchev–Trinajstić information content (AvgIpc) is 2.87. The summed E-state index contributed by atoms with van der Waals surface area (Å²) in [5, 5.41) is 2.77. The third-order valence-electron chi connectivity index (χ3n) is 5.62. The number of anilines is 1. The standard InChI is InChI=1S/C27H29FIN3O4S/c1-19(2)30-27(34)20(3)31(17-21-9-7-8-12-25(21)28)26(33)18-32(23-15-13-22(29)14-16-23)37(35,36)24-10-5-4-6-11-24/h4-16,19-20H,17-18H2,1-3H3,(H,30,34)/t20-/m1/s1. The molecule has 0 aliphatic rings. The lowest BCUT2D eigenvalue weighted by molar-refractivity contribution is -0.139. The molecule has 0 spiro atoms. The van der Waals surface area contributed by atoms with E-state index in [1.54, 1.807) is 62.4 Å². The van der Waals surface area contributed by atoms with Crippen molar-refractivity contribution >= 4 is 50.1 Å². The van der Waals surface area contributed by atoms with Crippen LogP contribution < -0.4 is 9.62 Å². The van der Waals surface area contributed by atoms with Crippen LogP contribution in [-0.4, -0.2) is 43.8 Å². The van der Waals surface area contributed by atoms with E-state index < -0.39 is 40.2 Å². The van der Waals surface area contributed by atoms with Crippen molar-refractivity contribution < 1.29 is 22.4 Å². The molecule has 7 nitrogen and oxygen atoms in total. The first-order valence-corrected chi connectivity index (χ1v) is 14.2. The van der Waals surface area contributed by atoms with Crippen molar-refractivity contribution in [3.8, 4) is 0 Å². The predicted molar refractivity (Wildman–Crippen MR) is 150 cm³/mol. The number of hydrogen-bond acceptors (Lipinski definition) is 4. The van der Waals surface area contributed by atoms with Crippen molar-refractivity contribution in [1.82, 2.24) is 10.2 Å². The Bertz CT molecular complexity index is 1340. The third-order valence-corrected chi connectivity index (χ3v) is 8.13. The molecular weight excluding hydrogens is 608 g/mol. The predicted octanol–water partition coefficient (Wildman–Crippen LogP) is 4.57. The number of nitrogens with zero attached hydrogens (tertiary/aromatic N) is 2. The molecule has 1 atom stereocenters. The molecule has 0 saturated heterocycles. The van der Waals surface area contributed by atoms with Crippen LogP contribution in [0, 0.1) is 9.39 Å². The third kappa shape index (κ3) is 7.29. The van der Waals surface area contributed by atoms with Gasteiger partial charge in [0.25, 0.3) is 10.0 Å². The molecule has 0 unspecified atom stereocenters. The van der Waals surface area contributed by atoms with Gasteiger partial charge < -0.3 is 10.2 Å². The second-order valence-corrected chi connectivity index (χ2v) is 11.9. The van der Waals surface area contributed by atoms with Gasteiger partial charge in [-0.1, -0.05) is 36.4 Å². The SMILES string of the molecule is CC(C)NC(=O)[C@@H](C)N(Cc1ccccc1F)C(=O)CN(c1ccc(I)cc1)S(=O)(=O)c1ccccc1. The van der Waals surface area contributed by atoms with Gasteiger partial charge in [0.1, 0.15) is 18.4 Å². The number of carbonyl (C=O) groups excluding carboxylic acids is 2. The maximum atomic E-state index is 14.5. The second kappa shape index (κ2) is 12.5. The minimum absolute atomic E-state index is 0.0209. The molecule has 0 heterocycles. The summed E-state index contributed by atoms with van der Waals surface area (Å²) >= 11 is 2.11. The summed E-state index contributed by atoms with van der Waals surface area (Å²) in [6.07, 6.45) is 0. The van der Waals surface area contributed by atoms with E-state index >= 15 is 0 Å². The Kier molecular flexibility index (Phi) is 9.66. The van der Waals surface area contributed by atoms with Crippen LogP contribution in [0.2, 0.25) is 0 Å². The van der Waals surface area contributed by atoms with Gasteiger partial charge in [0.05, 0.1) is 10.6 Å². The van der Waals surface area contributed by atoms with Crippen LogP contribution in [0.3, 0.4) is 0 Å². The monoisotopic (exact) mass is 637 g/mol. The first-order chi connectivity index (χ1) is 17.5. The number of amides is 2. The number of carbonyl (C=O) groups is 2. The van der Waals surface area contributed by atoms with Crippen molar-refractivity contribution in [3.63, 3.8) is 0 Å². The average molecular weight is 638 g/mol. The summed E-state index contributed by atoms with van der Waals surface area (Å²) in [6, 6.07) is 19.3. The van der Waals surface area contributed by atoms with Crippen molar-refractivity contribution in [3.05, 3.63) is 93.8 Å².